The highest BCUT2D eigenvalue weighted by Crippen LogP contribution is 2.38. The predicted octanol–water partition coefficient (Wildman–Crippen LogP) is 7.55. The molecule has 4 nitrogen and oxygen atoms in total. The molecule has 0 saturated heterocycles. The van der Waals surface area contributed by atoms with Crippen molar-refractivity contribution < 1.29 is 4.79 Å². The number of carbonyl (C=O) groups excluding carboxylic acids is 1. The molecule has 36 heavy (non-hydrogen) atoms. The van der Waals surface area contributed by atoms with Gasteiger partial charge in [0.15, 0.2) is 0 Å². The Balaban J connectivity index is 1.17. The quantitative estimate of drug-likeness (QED) is 0.340. The maximum atomic E-state index is 13.0. The van der Waals surface area contributed by atoms with E-state index in [1.807, 2.05) is 6.92 Å². The van der Waals surface area contributed by atoms with Crippen molar-refractivity contribution in [3.8, 4) is 11.1 Å². The highest BCUT2D eigenvalue weighted by molar-refractivity contribution is 5.82. The second kappa shape index (κ2) is 11.2. The largest absolute Gasteiger partial charge is 0.356 e. The van der Waals surface area contributed by atoms with Crippen molar-refractivity contribution in [1.29, 1.82) is 0 Å². The highest BCUT2D eigenvalue weighted by atomic mass is 16.1. The number of amides is 1. The summed E-state index contributed by atoms with van der Waals surface area (Å²) in [5.74, 6) is 3.69. The molecule has 1 amide bonds. The first kappa shape index (κ1) is 25.0. The average molecular weight is 486 g/mol. The van der Waals surface area contributed by atoms with E-state index < -0.39 is 0 Å². The lowest BCUT2D eigenvalue weighted by molar-refractivity contribution is -0.126. The molecule has 1 heterocycles. The average Bonchev–Trinajstić information content (AvgIpc) is 3.15. The molecule has 0 aliphatic heterocycles. The van der Waals surface area contributed by atoms with Gasteiger partial charge >= 0.3 is 0 Å². The van der Waals surface area contributed by atoms with Gasteiger partial charge in [0.05, 0.1) is 11.0 Å². The van der Waals surface area contributed by atoms with E-state index in [1.165, 1.54) is 60.7 Å². The summed E-state index contributed by atoms with van der Waals surface area (Å²) >= 11 is 0. The van der Waals surface area contributed by atoms with Crippen molar-refractivity contribution in [2.45, 2.75) is 84.0 Å². The first-order valence-corrected chi connectivity index (χ1v) is 14.3. The lowest BCUT2D eigenvalue weighted by atomic mass is 9.73. The molecule has 0 bridgehead atoms. The Labute approximate surface area is 216 Å². The smallest absolute Gasteiger partial charge is 0.223 e. The molecule has 192 valence electrons. The topological polar surface area (TPSA) is 46.9 Å². The van der Waals surface area contributed by atoms with E-state index in [0.29, 0.717) is 11.8 Å². The fourth-order valence-corrected chi connectivity index (χ4v) is 6.60. The van der Waals surface area contributed by atoms with Crippen molar-refractivity contribution in [2.24, 2.45) is 24.8 Å². The van der Waals surface area contributed by atoms with Crippen molar-refractivity contribution in [3.05, 3.63) is 53.9 Å². The van der Waals surface area contributed by atoms with E-state index >= 15 is 0 Å². The number of carbonyl (C=O) groups is 1. The number of hydrogen-bond donors (Lipinski definition) is 1. The van der Waals surface area contributed by atoms with E-state index in [9.17, 15) is 4.79 Å². The van der Waals surface area contributed by atoms with Crippen LogP contribution in [0, 0.1) is 24.7 Å². The molecule has 2 fully saturated rings. The van der Waals surface area contributed by atoms with Crippen LogP contribution in [0.3, 0.4) is 0 Å². The van der Waals surface area contributed by atoms with E-state index in [2.05, 4.69) is 66.3 Å². The minimum Gasteiger partial charge on any atom is -0.356 e. The maximum absolute atomic E-state index is 13.0. The van der Waals surface area contributed by atoms with Crippen LogP contribution < -0.4 is 5.32 Å². The van der Waals surface area contributed by atoms with Crippen molar-refractivity contribution in [3.63, 3.8) is 0 Å². The summed E-state index contributed by atoms with van der Waals surface area (Å²) in [6.45, 7) is 5.19. The molecule has 0 spiro atoms. The summed E-state index contributed by atoms with van der Waals surface area (Å²) in [5.41, 5.74) is 6.02. The molecule has 3 unspecified atom stereocenters. The fourth-order valence-electron chi connectivity index (χ4n) is 6.60. The number of rotatable bonds is 9. The summed E-state index contributed by atoms with van der Waals surface area (Å²) < 4.78 is 2.13. The summed E-state index contributed by atoms with van der Waals surface area (Å²) in [6, 6.07) is 15.6. The molecule has 0 radical (unpaired) electrons. The number of hydrogen-bond acceptors (Lipinski definition) is 2. The van der Waals surface area contributed by atoms with Crippen molar-refractivity contribution >= 4 is 16.9 Å². The number of aryl methyl sites for hydroxylation is 2. The number of benzene rings is 2. The van der Waals surface area contributed by atoms with Crippen LogP contribution in [-0.4, -0.2) is 22.0 Å². The van der Waals surface area contributed by atoms with Crippen LogP contribution in [0.1, 0.15) is 88.4 Å². The minimum absolute atomic E-state index is 0.159. The number of fused-ring (bicyclic) bond motifs is 1. The van der Waals surface area contributed by atoms with Crippen LogP contribution in [-0.2, 0) is 11.8 Å². The molecule has 3 aromatic rings. The fraction of sp³-hybridized carbons (Fsp3) is 0.562. The van der Waals surface area contributed by atoms with Gasteiger partial charge < -0.3 is 9.88 Å². The number of imidazole rings is 1. The molecule has 1 aromatic heterocycles. The van der Waals surface area contributed by atoms with Gasteiger partial charge in [0.1, 0.15) is 5.82 Å². The van der Waals surface area contributed by atoms with E-state index in [-0.39, 0.29) is 5.92 Å². The Bertz CT molecular complexity index is 1170. The lowest BCUT2D eigenvalue weighted by Crippen LogP contribution is -2.35. The van der Waals surface area contributed by atoms with Crippen molar-refractivity contribution in [1.82, 2.24) is 14.9 Å². The third kappa shape index (κ3) is 5.38. The van der Waals surface area contributed by atoms with Gasteiger partial charge in [0.25, 0.3) is 0 Å². The van der Waals surface area contributed by atoms with Gasteiger partial charge in [-0.25, -0.2) is 4.98 Å². The molecular formula is C32H43N3O. The van der Waals surface area contributed by atoms with Gasteiger partial charge in [-0.3, -0.25) is 4.79 Å². The second-order valence-corrected chi connectivity index (χ2v) is 11.4. The molecule has 1 N–H and O–H groups in total. The van der Waals surface area contributed by atoms with Gasteiger partial charge in [-0.2, -0.15) is 0 Å². The highest BCUT2D eigenvalue weighted by Gasteiger charge is 2.29. The number of nitrogens with zero attached hydrogens (tertiary/aromatic N) is 2. The zero-order chi connectivity index (χ0) is 25.1. The molecule has 5 rings (SSSR count). The third-order valence-corrected chi connectivity index (χ3v) is 9.16. The van der Waals surface area contributed by atoms with Gasteiger partial charge in [0, 0.05) is 19.5 Å². The Hall–Kier alpha value is -2.62. The van der Waals surface area contributed by atoms with E-state index in [0.717, 1.165) is 55.4 Å². The minimum atomic E-state index is 0.159. The van der Waals surface area contributed by atoms with Gasteiger partial charge in [-0.15, -0.1) is 0 Å². The maximum Gasteiger partial charge on any atom is 0.223 e. The Kier molecular flexibility index (Phi) is 7.79. The zero-order valence-electron chi connectivity index (χ0n) is 22.4. The Morgan fingerprint density at radius 1 is 1.03 bits per heavy atom. The summed E-state index contributed by atoms with van der Waals surface area (Å²) in [6.07, 6.45) is 12.3. The molecule has 4 heteroatoms. The Morgan fingerprint density at radius 2 is 1.78 bits per heavy atom. The van der Waals surface area contributed by atoms with E-state index in [4.69, 9.17) is 4.98 Å². The number of aromatic nitrogens is 2. The predicted molar refractivity (Wildman–Crippen MR) is 149 cm³/mol. The van der Waals surface area contributed by atoms with Crippen LogP contribution in [0.4, 0.5) is 0 Å². The SMILES string of the molecule is CCCC(CCNC(=O)C1CCCC(c2ccc(-c3ccc4c(c3)nc(C)n4C)cc2)C1)C1CCC1. The van der Waals surface area contributed by atoms with Crippen LogP contribution in [0.2, 0.25) is 0 Å². The second-order valence-electron chi connectivity index (χ2n) is 11.4. The number of nitrogens with one attached hydrogen (secondary N) is 1. The summed E-state index contributed by atoms with van der Waals surface area (Å²) in [7, 11) is 2.06. The summed E-state index contributed by atoms with van der Waals surface area (Å²) in [5, 5.41) is 3.32. The van der Waals surface area contributed by atoms with Gasteiger partial charge in [0.2, 0.25) is 5.91 Å². The zero-order valence-corrected chi connectivity index (χ0v) is 22.4. The van der Waals surface area contributed by atoms with Gasteiger partial charge in [-0.1, -0.05) is 75.8 Å². The van der Waals surface area contributed by atoms with E-state index in [1.54, 1.807) is 0 Å². The Morgan fingerprint density at radius 3 is 2.50 bits per heavy atom. The van der Waals surface area contributed by atoms with Crippen LogP contribution in [0.15, 0.2) is 42.5 Å². The van der Waals surface area contributed by atoms with Gasteiger partial charge in [-0.05, 0) is 79.2 Å². The standard InChI is InChI=1S/C32H43N3O/c1-4-7-23(24-8-5-9-24)18-19-33-32(36)29-11-6-10-27(20-29)25-12-14-26(15-13-25)28-16-17-31-30(21-28)34-22(2)35(31)3/h12-17,21,23-24,27,29H,4-11,18-20H2,1-3H3,(H,33,36). The molecule has 2 aromatic carbocycles. The van der Waals surface area contributed by atoms with Crippen LogP contribution in [0.5, 0.6) is 0 Å². The molecule has 2 saturated carbocycles. The summed E-state index contributed by atoms with van der Waals surface area (Å²) in [4.78, 5) is 17.7. The lowest BCUT2D eigenvalue weighted by Gasteiger charge is -2.34. The molecule has 3 atom stereocenters. The van der Waals surface area contributed by atoms with Crippen molar-refractivity contribution in [2.75, 3.05) is 6.54 Å². The molecule has 2 aliphatic rings. The third-order valence-electron chi connectivity index (χ3n) is 9.16. The van der Waals surface area contributed by atoms with Crippen LogP contribution in [0.25, 0.3) is 22.2 Å². The molecule has 2 aliphatic carbocycles. The first-order valence-electron chi connectivity index (χ1n) is 14.3. The normalized spacial score (nSPS) is 21.3. The van der Waals surface area contributed by atoms with Crippen LogP contribution >= 0.6 is 0 Å². The monoisotopic (exact) mass is 485 g/mol. The first-order chi connectivity index (χ1) is 17.5. The molecular weight excluding hydrogens is 442 g/mol.